The Balaban J connectivity index is 2.63. The Morgan fingerprint density at radius 1 is 1.35 bits per heavy atom. The van der Waals surface area contributed by atoms with Gasteiger partial charge in [0.1, 0.15) is 6.04 Å². The van der Waals surface area contributed by atoms with Crippen LogP contribution in [0.5, 0.6) is 0 Å². The Morgan fingerprint density at radius 2 is 1.94 bits per heavy atom. The van der Waals surface area contributed by atoms with Crippen molar-refractivity contribution in [2.45, 2.75) is 45.1 Å². The van der Waals surface area contributed by atoms with E-state index in [2.05, 4.69) is 10.1 Å². The fourth-order valence-corrected chi connectivity index (χ4v) is 2.34. The number of nitrogens with two attached hydrogens (primary N) is 1. The molecule has 1 saturated carbocycles. The quantitative estimate of drug-likeness (QED) is 0.706. The third-order valence-electron chi connectivity index (χ3n) is 3.59. The van der Waals surface area contributed by atoms with Gasteiger partial charge in [-0.2, -0.15) is 0 Å². The Labute approximate surface area is 102 Å². The van der Waals surface area contributed by atoms with Crippen molar-refractivity contribution in [3.63, 3.8) is 0 Å². The molecule has 1 atom stereocenters. The largest absolute Gasteiger partial charge is 0.467 e. The maximum absolute atomic E-state index is 12.2. The van der Waals surface area contributed by atoms with Crippen LogP contribution in [-0.4, -0.2) is 31.6 Å². The maximum atomic E-state index is 12.2. The van der Waals surface area contributed by atoms with E-state index in [9.17, 15) is 9.59 Å². The van der Waals surface area contributed by atoms with E-state index in [1.165, 1.54) is 7.11 Å². The SMILES string of the molecule is COC(=O)C(C)NC(=O)C1(CN)CCCCC1. The minimum atomic E-state index is -0.613. The van der Waals surface area contributed by atoms with Gasteiger partial charge in [0.05, 0.1) is 12.5 Å². The molecule has 1 aliphatic carbocycles. The molecule has 0 spiro atoms. The second-order valence-electron chi connectivity index (χ2n) is 4.76. The fraction of sp³-hybridized carbons (Fsp3) is 0.833. The zero-order valence-electron chi connectivity index (χ0n) is 10.6. The first-order valence-electron chi connectivity index (χ1n) is 6.14. The van der Waals surface area contributed by atoms with Gasteiger partial charge >= 0.3 is 5.97 Å². The molecular weight excluding hydrogens is 220 g/mol. The lowest BCUT2D eigenvalue weighted by Gasteiger charge is -2.35. The summed E-state index contributed by atoms with van der Waals surface area (Å²) in [7, 11) is 1.31. The molecule has 1 unspecified atom stereocenters. The van der Waals surface area contributed by atoms with E-state index in [-0.39, 0.29) is 5.91 Å². The molecular formula is C12H22N2O3. The second kappa shape index (κ2) is 6.00. The summed E-state index contributed by atoms with van der Waals surface area (Å²) in [5.41, 5.74) is 5.26. The van der Waals surface area contributed by atoms with Gasteiger partial charge in [-0.25, -0.2) is 4.79 Å². The molecule has 0 aliphatic heterocycles. The van der Waals surface area contributed by atoms with E-state index in [1.54, 1.807) is 6.92 Å². The monoisotopic (exact) mass is 242 g/mol. The average molecular weight is 242 g/mol. The lowest BCUT2D eigenvalue weighted by Crippen LogP contribution is -2.51. The van der Waals surface area contributed by atoms with E-state index in [4.69, 9.17) is 5.73 Å². The van der Waals surface area contributed by atoms with E-state index >= 15 is 0 Å². The molecule has 98 valence electrons. The minimum absolute atomic E-state index is 0.113. The van der Waals surface area contributed by atoms with Gasteiger partial charge in [-0.05, 0) is 19.8 Å². The van der Waals surface area contributed by atoms with Crippen molar-refractivity contribution < 1.29 is 14.3 Å². The number of carbonyl (C=O) groups excluding carboxylic acids is 2. The molecule has 1 aliphatic rings. The fourth-order valence-electron chi connectivity index (χ4n) is 2.34. The topological polar surface area (TPSA) is 81.4 Å². The summed E-state index contributed by atoms with van der Waals surface area (Å²) in [5.74, 6) is -0.543. The molecule has 1 rings (SSSR count). The van der Waals surface area contributed by atoms with Crippen molar-refractivity contribution in [1.82, 2.24) is 5.32 Å². The van der Waals surface area contributed by atoms with E-state index in [0.29, 0.717) is 6.54 Å². The minimum Gasteiger partial charge on any atom is -0.467 e. The van der Waals surface area contributed by atoms with Crippen molar-refractivity contribution >= 4 is 11.9 Å². The van der Waals surface area contributed by atoms with Crippen molar-refractivity contribution in [3.8, 4) is 0 Å². The summed E-state index contributed by atoms with van der Waals surface area (Å²) in [4.78, 5) is 23.4. The predicted molar refractivity (Wildman–Crippen MR) is 64.2 cm³/mol. The smallest absolute Gasteiger partial charge is 0.328 e. The number of hydrogen-bond donors (Lipinski definition) is 2. The van der Waals surface area contributed by atoms with Crippen LogP contribution >= 0.6 is 0 Å². The summed E-state index contributed by atoms with van der Waals surface area (Å²) >= 11 is 0. The molecule has 0 heterocycles. The van der Waals surface area contributed by atoms with Gasteiger partial charge in [0.15, 0.2) is 0 Å². The predicted octanol–water partition coefficient (Wildman–Crippen LogP) is 0.573. The lowest BCUT2D eigenvalue weighted by atomic mass is 9.73. The molecule has 1 fully saturated rings. The average Bonchev–Trinajstić information content (AvgIpc) is 2.38. The maximum Gasteiger partial charge on any atom is 0.328 e. The first-order chi connectivity index (χ1) is 8.05. The number of amides is 1. The van der Waals surface area contributed by atoms with Gasteiger partial charge < -0.3 is 15.8 Å². The van der Waals surface area contributed by atoms with E-state index in [1.807, 2.05) is 0 Å². The summed E-state index contributed by atoms with van der Waals surface area (Å²) < 4.78 is 4.58. The van der Waals surface area contributed by atoms with Crippen LogP contribution in [0, 0.1) is 5.41 Å². The number of hydrogen-bond acceptors (Lipinski definition) is 4. The normalized spacial score (nSPS) is 20.4. The van der Waals surface area contributed by atoms with Crippen molar-refractivity contribution in [2.24, 2.45) is 11.1 Å². The van der Waals surface area contributed by atoms with E-state index < -0.39 is 17.4 Å². The van der Waals surface area contributed by atoms with Crippen LogP contribution in [0.1, 0.15) is 39.0 Å². The molecule has 5 nitrogen and oxygen atoms in total. The number of methoxy groups -OCH3 is 1. The summed E-state index contributed by atoms with van der Waals surface area (Å²) in [6.07, 6.45) is 4.82. The molecule has 3 N–H and O–H groups in total. The third-order valence-corrected chi connectivity index (χ3v) is 3.59. The Hall–Kier alpha value is -1.10. The van der Waals surface area contributed by atoms with Gasteiger partial charge in [0.2, 0.25) is 5.91 Å². The standard InChI is InChI=1S/C12H22N2O3/c1-9(10(15)17-2)14-11(16)12(8-13)6-4-3-5-7-12/h9H,3-8,13H2,1-2H3,(H,14,16). The zero-order valence-corrected chi connectivity index (χ0v) is 10.6. The number of nitrogens with one attached hydrogen (secondary N) is 1. The molecule has 1 amide bonds. The number of ether oxygens (including phenoxy) is 1. The Morgan fingerprint density at radius 3 is 2.41 bits per heavy atom. The number of carbonyl (C=O) groups is 2. The summed E-state index contributed by atoms with van der Waals surface area (Å²) in [5, 5.41) is 2.70. The van der Waals surface area contributed by atoms with Crippen LogP contribution in [0.3, 0.4) is 0 Å². The van der Waals surface area contributed by atoms with Gasteiger partial charge in [0.25, 0.3) is 0 Å². The molecule has 5 heteroatoms. The highest BCUT2D eigenvalue weighted by Gasteiger charge is 2.39. The lowest BCUT2D eigenvalue weighted by molar-refractivity contribution is -0.146. The van der Waals surface area contributed by atoms with Crippen LogP contribution in [0.25, 0.3) is 0 Å². The molecule has 0 saturated heterocycles. The van der Waals surface area contributed by atoms with Crippen LogP contribution in [0.2, 0.25) is 0 Å². The van der Waals surface area contributed by atoms with Gasteiger partial charge in [-0.3, -0.25) is 4.79 Å². The summed E-state index contributed by atoms with van der Waals surface area (Å²) in [6, 6.07) is -0.613. The highest BCUT2D eigenvalue weighted by atomic mass is 16.5. The van der Waals surface area contributed by atoms with Crippen LogP contribution in [0.15, 0.2) is 0 Å². The van der Waals surface area contributed by atoms with Crippen LogP contribution in [-0.2, 0) is 14.3 Å². The molecule has 0 aromatic heterocycles. The summed E-state index contributed by atoms with van der Waals surface area (Å²) in [6.45, 7) is 1.96. The van der Waals surface area contributed by atoms with Crippen LogP contribution < -0.4 is 11.1 Å². The Bertz CT molecular complexity index is 285. The van der Waals surface area contributed by atoms with Crippen molar-refractivity contribution in [2.75, 3.05) is 13.7 Å². The number of rotatable bonds is 4. The Kier molecular flexibility index (Phi) is 4.93. The van der Waals surface area contributed by atoms with Gasteiger partial charge in [0, 0.05) is 6.54 Å². The second-order valence-corrected chi connectivity index (χ2v) is 4.76. The molecule has 0 aromatic carbocycles. The molecule has 0 radical (unpaired) electrons. The van der Waals surface area contributed by atoms with Crippen molar-refractivity contribution in [1.29, 1.82) is 0 Å². The zero-order chi connectivity index (χ0) is 12.9. The van der Waals surface area contributed by atoms with Gasteiger partial charge in [-0.15, -0.1) is 0 Å². The van der Waals surface area contributed by atoms with Gasteiger partial charge in [-0.1, -0.05) is 19.3 Å². The first-order valence-corrected chi connectivity index (χ1v) is 6.14. The van der Waals surface area contributed by atoms with E-state index in [0.717, 1.165) is 32.1 Å². The molecule has 0 bridgehead atoms. The van der Waals surface area contributed by atoms with Crippen LogP contribution in [0.4, 0.5) is 0 Å². The number of esters is 1. The first kappa shape index (κ1) is 14.0. The highest BCUT2D eigenvalue weighted by molar-refractivity contribution is 5.88. The molecule has 17 heavy (non-hydrogen) atoms. The highest BCUT2D eigenvalue weighted by Crippen LogP contribution is 2.35. The molecule has 0 aromatic rings. The van der Waals surface area contributed by atoms with Crippen molar-refractivity contribution in [3.05, 3.63) is 0 Å². The third kappa shape index (κ3) is 3.19.